The van der Waals surface area contributed by atoms with E-state index in [2.05, 4.69) is 28.2 Å². The zero-order chi connectivity index (χ0) is 23.5. The van der Waals surface area contributed by atoms with Gasteiger partial charge >= 0.3 is 0 Å². The molecule has 2 aliphatic rings. The third-order valence-corrected chi connectivity index (χ3v) is 6.65. The Morgan fingerprint density at radius 1 is 1.21 bits per heavy atom. The molecule has 1 saturated carbocycles. The summed E-state index contributed by atoms with van der Waals surface area (Å²) in [5, 5.41) is 12.5. The third-order valence-electron chi connectivity index (χ3n) is 6.65. The predicted molar refractivity (Wildman–Crippen MR) is 127 cm³/mol. The maximum absolute atomic E-state index is 12.7. The molecule has 1 aliphatic heterocycles. The Kier molecular flexibility index (Phi) is 6.75. The molecule has 4 rings (SSSR count). The number of nitrogens with one attached hydrogen (secondary N) is 1. The van der Waals surface area contributed by atoms with Crippen LogP contribution in [0.25, 0.3) is 0 Å². The van der Waals surface area contributed by atoms with Crippen molar-refractivity contribution < 1.29 is 9.59 Å². The van der Waals surface area contributed by atoms with Crippen LogP contribution in [0.5, 0.6) is 0 Å². The summed E-state index contributed by atoms with van der Waals surface area (Å²) in [6.45, 7) is 8.95. The lowest BCUT2D eigenvalue weighted by molar-refractivity contribution is -0.136. The quantitative estimate of drug-likeness (QED) is 0.733. The Morgan fingerprint density at radius 3 is 2.64 bits per heavy atom. The molecular weight excluding hydrogens is 414 g/mol. The van der Waals surface area contributed by atoms with Crippen molar-refractivity contribution in [3.05, 3.63) is 58.4 Å². The Hall–Kier alpha value is -3.24. The fourth-order valence-electron chi connectivity index (χ4n) is 4.40. The standard InChI is InChI=1S/C26H31N5O2/c1-17-4-7-22(14-28-17)26(33)29-24-11-21(13-27)10-23(19(24)3)16-30-8-9-31(18(2)15-30)25(32)12-20-5-6-20/h4,7,10-11,14,18,20H,5-6,8-9,12,15-16H2,1-3H3,(H,29,33). The van der Waals surface area contributed by atoms with Crippen LogP contribution in [-0.2, 0) is 11.3 Å². The van der Waals surface area contributed by atoms with E-state index >= 15 is 0 Å². The summed E-state index contributed by atoms with van der Waals surface area (Å²) in [5.41, 5.74) is 4.43. The van der Waals surface area contributed by atoms with Crippen molar-refractivity contribution in [2.24, 2.45) is 5.92 Å². The molecule has 2 amide bonds. The van der Waals surface area contributed by atoms with Crippen molar-refractivity contribution in [1.82, 2.24) is 14.8 Å². The number of pyridine rings is 1. The van der Waals surface area contributed by atoms with Crippen LogP contribution >= 0.6 is 0 Å². The number of hydrogen-bond acceptors (Lipinski definition) is 5. The number of rotatable bonds is 6. The highest BCUT2D eigenvalue weighted by Gasteiger charge is 2.32. The molecule has 2 fully saturated rings. The molecule has 0 spiro atoms. The van der Waals surface area contributed by atoms with E-state index < -0.39 is 0 Å². The van der Waals surface area contributed by atoms with Crippen molar-refractivity contribution in [2.45, 2.75) is 52.6 Å². The Bertz CT molecular complexity index is 1090. The number of benzene rings is 1. The summed E-state index contributed by atoms with van der Waals surface area (Å²) < 4.78 is 0. The summed E-state index contributed by atoms with van der Waals surface area (Å²) >= 11 is 0. The molecule has 7 nitrogen and oxygen atoms in total. The summed E-state index contributed by atoms with van der Waals surface area (Å²) in [5.74, 6) is 0.634. The summed E-state index contributed by atoms with van der Waals surface area (Å²) in [7, 11) is 0. The normalized spacial score (nSPS) is 18.6. The molecule has 7 heteroatoms. The van der Waals surface area contributed by atoms with Crippen LogP contribution in [0.15, 0.2) is 30.5 Å². The van der Waals surface area contributed by atoms with Gasteiger partial charge in [0.05, 0.1) is 17.2 Å². The number of carbonyl (C=O) groups is 2. The minimum atomic E-state index is -0.247. The van der Waals surface area contributed by atoms with Crippen molar-refractivity contribution >= 4 is 17.5 Å². The number of nitriles is 1. The van der Waals surface area contributed by atoms with Crippen LogP contribution < -0.4 is 5.32 Å². The fraction of sp³-hybridized carbons (Fsp3) is 0.462. The molecule has 1 saturated heterocycles. The van der Waals surface area contributed by atoms with Crippen LogP contribution in [0.3, 0.4) is 0 Å². The monoisotopic (exact) mass is 445 g/mol. The topological polar surface area (TPSA) is 89.3 Å². The van der Waals surface area contributed by atoms with Gasteiger partial charge in [-0.25, -0.2) is 0 Å². The molecule has 33 heavy (non-hydrogen) atoms. The van der Waals surface area contributed by atoms with Crippen LogP contribution in [0.1, 0.15) is 58.9 Å². The lowest BCUT2D eigenvalue weighted by Crippen LogP contribution is -2.53. The highest BCUT2D eigenvalue weighted by Crippen LogP contribution is 2.33. The first-order chi connectivity index (χ1) is 15.8. The van der Waals surface area contributed by atoms with E-state index in [1.54, 1.807) is 24.4 Å². The van der Waals surface area contributed by atoms with Gasteiger partial charge in [-0.15, -0.1) is 0 Å². The molecule has 1 aliphatic carbocycles. The first kappa shape index (κ1) is 22.9. The highest BCUT2D eigenvalue weighted by atomic mass is 16.2. The average molecular weight is 446 g/mol. The predicted octanol–water partition coefficient (Wildman–Crippen LogP) is 3.66. The third kappa shape index (κ3) is 5.58. The number of amides is 2. The van der Waals surface area contributed by atoms with Crippen molar-refractivity contribution in [3.63, 3.8) is 0 Å². The molecule has 1 N–H and O–H groups in total. The Labute approximate surface area is 195 Å². The largest absolute Gasteiger partial charge is 0.337 e. The van der Waals surface area contributed by atoms with Crippen LogP contribution in [0.4, 0.5) is 5.69 Å². The summed E-state index contributed by atoms with van der Waals surface area (Å²) in [6, 6.07) is 9.54. The zero-order valence-corrected chi connectivity index (χ0v) is 19.6. The van der Waals surface area contributed by atoms with Crippen molar-refractivity contribution in [1.29, 1.82) is 5.26 Å². The van der Waals surface area contributed by atoms with Gasteiger partial charge in [-0.3, -0.25) is 19.5 Å². The Morgan fingerprint density at radius 2 is 2.00 bits per heavy atom. The second-order valence-corrected chi connectivity index (χ2v) is 9.38. The summed E-state index contributed by atoms with van der Waals surface area (Å²) in [6.07, 6.45) is 4.62. The van der Waals surface area contributed by atoms with E-state index in [0.29, 0.717) is 35.7 Å². The minimum Gasteiger partial charge on any atom is -0.337 e. The van der Waals surface area contributed by atoms with E-state index in [4.69, 9.17) is 0 Å². The molecule has 1 aromatic carbocycles. The van der Waals surface area contributed by atoms with Gasteiger partial charge in [-0.1, -0.05) is 0 Å². The van der Waals surface area contributed by atoms with Gasteiger partial charge in [-0.05, 0) is 74.9 Å². The number of carbonyl (C=O) groups excluding carboxylic acids is 2. The van der Waals surface area contributed by atoms with E-state index in [9.17, 15) is 14.9 Å². The number of aryl methyl sites for hydroxylation is 1. The van der Waals surface area contributed by atoms with Crippen LogP contribution in [0, 0.1) is 31.1 Å². The SMILES string of the molecule is Cc1ccc(C(=O)Nc2cc(C#N)cc(CN3CCN(C(=O)CC4CC4)C(C)C3)c2C)cn1. The second kappa shape index (κ2) is 9.72. The minimum absolute atomic E-state index is 0.165. The molecule has 0 radical (unpaired) electrons. The molecule has 1 unspecified atom stereocenters. The molecule has 2 heterocycles. The van der Waals surface area contributed by atoms with E-state index in [1.807, 2.05) is 24.8 Å². The maximum atomic E-state index is 12.7. The zero-order valence-electron chi connectivity index (χ0n) is 19.6. The molecule has 172 valence electrons. The van der Waals surface area contributed by atoms with Gasteiger partial charge in [0.25, 0.3) is 5.91 Å². The average Bonchev–Trinajstić information content (AvgIpc) is 3.60. The van der Waals surface area contributed by atoms with Gasteiger partial charge in [0.15, 0.2) is 0 Å². The van der Waals surface area contributed by atoms with Crippen LogP contribution in [0.2, 0.25) is 0 Å². The maximum Gasteiger partial charge on any atom is 0.257 e. The molecule has 1 atom stereocenters. The fourth-order valence-corrected chi connectivity index (χ4v) is 4.40. The van der Waals surface area contributed by atoms with Gasteiger partial charge in [0.1, 0.15) is 0 Å². The highest BCUT2D eigenvalue weighted by molar-refractivity contribution is 6.04. The second-order valence-electron chi connectivity index (χ2n) is 9.38. The lowest BCUT2D eigenvalue weighted by atomic mass is 10.0. The van der Waals surface area contributed by atoms with E-state index in [0.717, 1.165) is 36.5 Å². The van der Waals surface area contributed by atoms with Crippen molar-refractivity contribution in [3.8, 4) is 6.07 Å². The number of hydrogen-bond donors (Lipinski definition) is 1. The molecular formula is C26H31N5O2. The lowest BCUT2D eigenvalue weighted by Gasteiger charge is -2.40. The van der Waals surface area contributed by atoms with Gasteiger partial charge in [0.2, 0.25) is 5.91 Å². The Balaban J connectivity index is 1.45. The number of piperazine rings is 1. The molecule has 2 aromatic rings. The summed E-state index contributed by atoms with van der Waals surface area (Å²) in [4.78, 5) is 33.8. The number of anilines is 1. The van der Waals surface area contributed by atoms with Gasteiger partial charge in [0, 0.05) is 56.2 Å². The first-order valence-electron chi connectivity index (χ1n) is 11.6. The first-order valence-corrected chi connectivity index (χ1v) is 11.6. The van der Waals surface area contributed by atoms with Crippen LogP contribution in [-0.4, -0.2) is 52.3 Å². The number of aromatic nitrogens is 1. The van der Waals surface area contributed by atoms with Gasteiger partial charge in [-0.2, -0.15) is 5.26 Å². The van der Waals surface area contributed by atoms with Crippen molar-refractivity contribution in [2.75, 3.05) is 25.0 Å². The van der Waals surface area contributed by atoms with Gasteiger partial charge < -0.3 is 10.2 Å². The molecule has 0 bridgehead atoms. The number of nitrogens with zero attached hydrogens (tertiary/aromatic N) is 4. The molecule has 1 aromatic heterocycles. The van der Waals surface area contributed by atoms with E-state index in [1.165, 1.54) is 12.8 Å². The smallest absolute Gasteiger partial charge is 0.257 e. The van der Waals surface area contributed by atoms with E-state index in [-0.39, 0.29) is 17.9 Å².